The van der Waals surface area contributed by atoms with E-state index in [0.29, 0.717) is 12.4 Å². The lowest BCUT2D eigenvalue weighted by molar-refractivity contribution is 0.0697. The zero-order valence-corrected chi connectivity index (χ0v) is 10.9. The molecule has 1 aromatic carbocycles. The van der Waals surface area contributed by atoms with E-state index in [4.69, 9.17) is 16.7 Å². The van der Waals surface area contributed by atoms with Gasteiger partial charge in [0, 0.05) is 6.54 Å². The lowest BCUT2D eigenvalue weighted by atomic mass is 10.1. The molecule has 1 heterocycles. The highest BCUT2D eigenvalue weighted by molar-refractivity contribution is 6.29. The Morgan fingerprint density at radius 1 is 1.21 bits per heavy atom. The van der Waals surface area contributed by atoms with Crippen LogP contribution in [0.4, 0.5) is 5.82 Å². The summed E-state index contributed by atoms with van der Waals surface area (Å²) in [7, 11) is 0. The van der Waals surface area contributed by atoms with Crippen molar-refractivity contribution >= 4 is 23.4 Å². The van der Waals surface area contributed by atoms with Gasteiger partial charge in [0.1, 0.15) is 16.5 Å². The predicted octanol–water partition coefficient (Wildman–Crippen LogP) is 3.09. The molecule has 0 unspecified atom stereocenters. The van der Waals surface area contributed by atoms with E-state index in [-0.39, 0.29) is 10.7 Å². The van der Waals surface area contributed by atoms with Gasteiger partial charge in [-0.25, -0.2) is 9.78 Å². The van der Waals surface area contributed by atoms with Crippen molar-refractivity contribution < 1.29 is 9.90 Å². The van der Waals surface area contributed by atoms with E-state index < -0.39 is 5.97 Å². The number of anilines is 1. The molecule has 2 N–H and O–H groups in total. The van der Waals surface area contributed by atoms with Gasteiger partial charge in [-0.15, -0.1) is 0 Å². The number of aromatic carboxylic acids is 1. The summed E-state index contributed by atoms with van der Waals surface area (Å²) in [4.78, 5) is 15.0. The summed E-state index contributed by atoms with van der Waals surface area (Å²) in [5.41, 5.74) is 1.30. The highest BCUT2D eigenvalue weighted by Crippen LogP contribution is 2.16. The van der Waals surface area contributed by atoms with Gasteiger partial charge in [-0.05, 0) is 24.1 Å². The maximum absolute atomic E-state index is 11.0. The number of carboxylic acids is 1. The Bertz CT molecular complexity index is 573. The monoisotopic (exact) mass is 276 g/mol. The van der Waals surface area contributed by atoms with Crippen LogP contribution < -0.4 is 5.32 Å². The second kappa shape index (κ2) is 6.20. The van der Waals surface area contributed by atoms with E-state index in [1.54, 1.807) is 0 Å². The van der Waals surface area contributed by atoms with Gasteiger partial charge in [-0.1, -0.05) is 41.9 Å². The lowest BCUT2D eigenvalue weighted by Gasteiger charge is -2.08. The lowest BCUT2D eigenvalue weighted by Crippen LogP contribution is -2.11. The first-order chi connectivity index (χ1) is 9.16. The molecule has 0 aliphatic carbocycles. The van der Waals surface area contributed by atoms with Gasteiger partial charge in [0.05, 0.1) is 0 Å². The molecule has 2 aromatic rings. The maximum Gasteiger partial charge on any atom is 0.339 e. The topological polar surface area (TPSA) is 62.2 Å². The second-order valence-electron chi connectivity index (χ2n) is 4.00. The van der Waals surface area contributed by atoms with E-state index in [0.717, 1.165) is 6.42 Å². The number of benzene rings is 1. The molecule has 0 aliphatic rings. The number of rotatable bonds is 5. The van der Waals surface area contributed by atoms with Crippen LogP contribution in [-0.4, -0.2) is 22.6 Å². The van der Waals surface area contributed by atoms with Crippen LogP contribution in [0.25, 0.3) is 0 Å². The number of carbonyl (C=O) groups is 1. The van der Waals surface area contributed by atoms with Crippen LogP contribution in [0.1, 0.15) is 15.9 Å². The van der Waals surface area contributed by atoms with Crippen molar-refractivity contribution in [1.82, 2.24) is 4.98 Å². The Kier molecular flexibility index (Phi) is 4.36. The Labute approximate surface area is 116 Å². The van der Waals surface area contributed by atoms with E-state index in [9.17, 15) is 4.79 Å². The molecule has 0 radical (unpaired) electrons. The van der Waals surface area contributed by atoms with E-state index >= 15 is 0 Å². The summed E-state index contributed by atoms with van der Waals surface area (Å²) in [6.07, 6.45) is 0.786. The van der Waals surface area contributed by atoms with Gasteiger partial charge in [-0.3, -0.25) is 0 Å². The normalized spacial score (nSPS) is 10.2. The van der Waals surface area contributed by atoms with Crippen LogP contribution >= 0.6 is 11.6 Å². The number of halogens is 1. The maximum atomic E-state index is 11.0. The molecule has 5 heteroatoms. The smallest absolute Gasteiger partial charge is 0.339 e. The standard InChI is InChI=1S/C14H13ClN2O2/c15-12-7-6-11(14(18)19)13(17-12)16-9-8-10-4-2-1-3-5-10/h1-7H,8-9H2,(H,16,17)(H,18,19). The van der Waals surface area contributed by atoms with Crippen molar-refractivity contribution in [3.63, 3.8) is 0 Å². The van der Waals surface area contributed by atoms with Gasteiger partial charge in [0.2, 0.25) is 0 Å². The molecular formula is C14H13ClN2O2. The summed E-state index contributed by atoms with van der Waals surface area (Å²) in [5.74, 6) is -0.720. The van der Waals surface area contributed by atoms with Gasteiger partial charge in [-0.2, -0.15) is 0 Å². The fourth-order valence-corrected chi connectivity index (χ4v) is 1.86. The number of hydrogen-bond donors (Lipinski definition) is 2. The summed E-state index contributed by atoms with van der Waals surface area (Å²) in [5, 5.41) is 12.3. The molecule has 0 amide bonds. The molecule has 0 spiro atoms. The van der Waals surface area contributed by atoms with E-state index in [1.807, 2.05) is 30.3 Å². The second-order valence-corrected chi connectivity index (χ2v) is 4.38. The Morgan fingerprint density at radius 2 is 1.95 bits per heavy atom. The van der Waals surface area contributed by atoms with Crippen LogP contribution in [-0.2, 0) is 6.42 Å². The number of pyridine rings is 1. The first-order valence-electron chi connectivity index (χ1n) is 5.84. The Balaban J connectivity index is 2.03. The molecule has 98 valence electrons. The molecule has 0 saturated heterocycles. The van der Waals surface area contributed by atoms with E-state index in [1.165, 1.54) is 17.7 Å². The van der Waals surface area contributed by atoms with Crippen molar-refractivity contribution in [3.05, 3.63) is 58.7 Å². The number of nitrogens with one attached hydrogen (secondary N) is 1. The van der Waals surface area contributed by atoms with Crippen LogP contribution in [0, 0.1) is 0 Å². The van der Waals surface area contributed by atoms with Crippen LogP contribution in [0.2, 0.25) is 5.15 Å². The average molecular weight is 277 g/mol. The molecule has 1 aromatic heterocycles. The zero-order chi connectivity index (χ0) is 13.7. The zero-order valence-electron chi connectivity index (χ0n) is 10.1. The number of carboxylic acid groups (broad SMARTS) is 1. The summed E-state index contributed by atoms with van der Waals surface area (Å²) in [6.45, 7) is 0.595. The summed E-state index contributed by atoms with van der Waals surface area (Å²) < 4.78 is 0. The highest BCUT2D eigenvalue weighted by Gasteiger charge is 2.11. The number of aromatic nitrogens is 1. The van der Waals surface area contributed by atoms with Crippen molar-refractivity contribution in [2.24, 2.45) is 0 Å². The molecule has 0 bridgehead atoms. The number of nitrogens with zero attached hydrogens (tertiary/aromatic N) is 1. The Hall–Kier alpha value is -2.07. The summed E-state index contributed by atoms with van der Waals surface area (Å²) in [6, 6.07) is 12.8. The molecular weight excluding hydrogens is 264 g/mol. The first kappa shape index (κ1) is 13.4. The van der Waals surface area contributed by atoms with Crippen molar-refractivity contribution in [2.75, 3.05) is 11.9 Å². The molecule has 0 saturated carbocycles. The van der Waals surface area contributed by atoms with Crippen LogP contribution in [0.5, 0.6) is 0 Å². The first-order valence-corrected chi connectivity index (χ1v) is 6.22. The van der Waals surface area contributed by atoms with Crippen molar-refractivity contribution in [2.45, 2.75) is 6.42 Å². The van der Waals surface area contributed by atoms with Gasteiger partial charge >= 0.3 is 5.97 Å². The third kappa shape index (κ3) is 3.69. The van der Waals surface area contributed by atoms with Crippen LogP contribution in [0.3, 0.4) is 0 Å². The minimum absolute atomic E-state index is 0.123. The van der Waals surface area contributed by atoms with Gasteiger partial charge in [0.15, 0.2) is 0 Å². The minimum atomic E-state index is -1.02. The van der Waals surface area contributed by atoms with Crippen molar-refractivity contribution in [1.29, 1.82) is 0 Å². The van der Waals surface area contributed by atoms with Crippen LogP contribution in [0.15, 0.2) is 42.5 Å². The van der Waals surface area contributed by atoms with E-state index in [2.05, 4.69) is 10.3 Å². The third-order valence-corrected chi connectivity index (χ3v) is 2.85. The quantitative estimate of drug-likeness (QED) is 0.824. The molecule has 0 fully saturated rings. The average Bonchev–Trinajstić information content (AvgIpc) is 2.39. The fourth-order valence-electron chi connectivity index (χ4n) is 1.71. The van der Waals surface area contributed by atoms with Gasteiger partial charge in [0.25, 0.3) is 0 Å². The molecule has 0 aliphatic heterocycles. The highest BCUT2D eigenvalue weighted by atomic mass is 35.5. The SMILES string of the molecule is O=C(O)c1ccc(Cl)nc1NCCc1ccccc1. The fraction of sp³-hybridized carbons (Fsp3) is 0.143. The molecule has 0 atom stereocenters. The van der Waals surface area contributed by atoms with Crippen molar-refractivity contribution in [3.8, 4) is 0 Å². The van der Waals surface area contributed by atoms with Gasteiger partial charge < -0.3 is 10.4 Å². The third-order valence-electron chi connectivity index (χ3n) is 2.64. The Morgan fingerprint density at radius 3 is 2.63 bits per heavy atom. The number of hydrogen-bond acceptors (Lipinski definition) is 3. The molecule has 4 nitrogen and oxygen atoms in total. The molecule has 19 heavy (non-hydrogen) atoms. The molecule has 2 rings (SSSR count). The summed E-state index contributed by atoms with van der Waals surface area (Å²) >= 11 is 5.77. The minimum Gasteiger partial charge on any atom is -0.478 e. The largest absolute Gasteiger partial charge is 0.478 e. The predicted molar refractivity (Wildman–Crippen MR) is 74.8 cm³/mol.